The first kappa shape index (κ1) is 27.9. The number of nitrogens with one attached hydrogen (secondary N) is 1. The van der Waals surface area contributed by atoms with E-state index in [0.717, 1.165) is 51.2 Å². The van der Waals surface area contributed by atoms with Gasteiger partial charge in [-0.15, -0.1) is 0 Å². The van der Waals surface area contributed by atoms with Crippen molar-refractivity contribution in [3.63, 3.8) is 0 Å². The van der Waals surface area contributed by atoms with Gasteiger partial charge in [-0.25, -0.2) is 0 Å². The van der Waals surface area contributed by atoms with E-state index in [0.29, 0.717) is 25.9 Å². The Balaban J connectivity index is 0.000000278. The number of aliphatic carboxylic acids is 1. The number of carboxylic acids is 1. The molecule has 2 aliphatic carbocycles. The number of hydrogen-bond donors (Lipinski definition) is 1. The Hall–Kier alpha value is -2.71. The van der Waals surface area contributed by atoms with Crippen LogP contribution in [0.5, 0.6) is 0 Å². The molecular formula is C28H27N2NaO4S. The average molecular weight is 511 g/mol. The Kier molecular flexibility index (Phi) is 10.1. The van der Waals surface area contributed by atoms with Crippen molar-refractivity contribution in [2.24, 2.45) is 0 Å². The molecule has 1 heterocycles. The first-order chi connectivity index (χ1) is 17.1. The molecule has 1 fully saturated rings. The minimum absolute atomic E-state index is 0. The summed E-state index contributed by atoms with van der Waals surface area (Å²) in [6, 6.07) is 16.1. The van der Waals surface area contributed by atoms with Gasteiger partial charge in [0.15, 0.2) is 0 Å². The van der Waals surface area contributed by atoms with Gasteiger partial charge in [0.05, 0.1) is 22.7 Å². The largest absolute Gasteiger partial charge is 1.00 e. The van der Waals surface area contributed by atoms with Crippen molar-refractivity contribution < 1.29 is 49.0 Å². The minimum Gasteiger partial charge on any atom is -0.549 e. The summed E-state index contributed by atoms with van der Waals surface area (Å²) in [5.74, 6) is -0.963. The van der Waals surface area contributed by atoms with E-state index in [1.807, 2.05) is 43.6 Å². The first-order valence-electron chi connectivity index (χ1n) is 11.5. The summed E-state index contributed by atoms with van der Waals surface area (Å²) in [4.78, 5) is 22.2. The maximum Gasteiger partial charge on any atom is 1.00 e. The SMILES string of the molecule is CNc1cnsc1-c1ccc(-c2ccc(C3(C(=O)[O-])CC3)cc2)cc1.O=COCC1=CCCC=C1.[Na+]. The van der Waals surface area contributed by atoms with E-state index in [4.69, 9.17) is 0 Å². The standard InChI is InChI=1S/C20H18N2O2S.C8H10O2.Na/c1-21-17-12-22-25-18(17)15-4-2-13(3-5-15)14-6-8-16(9-7-14)20(10-11-20)19(23)24;9-7-10-6-8-4-2-1-3-5-8;/h2-9,12,21H,10-11H2,1H3,(H,23,24);2,4-5,7H,1,3,6H2;/q;;+1/p-1. The van der Waals surface area contributed by atoms with E-state index in [-0.39, 0.29) is 29.6 Å². The molecule has 3 aromatic rings. The Morgan fingerprint density at radius 1 is 1.08 bits per heavy atom. The quantitative estimate of drug-likeness (QED) is 0.367. The zero-order chi connectivity index (χ0) is 24.7. The zero-order valence-corrected chi connectivity index (χ0v) is 23.3. The van der Waals surface area contributed by atoms with E-state index in [2.05, 4.69) is 50.8 Å². The molecule has 1 saturated carbocycles. The average Bonchev–Trinajstić information content (AvgIpc) is 3.59. The molecule has 0 atom stereocenters. The number of carboxylic acid groups (broad SMARTS) is 1. The number of benzene rings is 2. The van der Waals surface area contributed by atoms with Gasteiger partial charge in [-0.1, -0.05) is 66.8 Å². The molecule has 8 heteroatoms. The Bertz CT molecular complexity index is 1230. The van der Waals surface area contributed by atoms with Crippen LogP contribution in [0.3, 0.4) is 0 Å². The molecule has 0 bridgehead atoms. The molecule has 5 rings (SSSR count). The second-order valence-corrected chi connectivity index (χ2v) is 9.31. The van der Waals surface area contributed by atoms with Crippen molar-refractivity contribution in [2.45, 2.75) is 31.1 Å². The summed E-state index contributed by atoms with van der Waals surface area (Å²) >= 11 is 1.47. The van der Waals surface area contributed by atoms with Crippen LogP contribution in [0.1, 0.15) is 31.2 Å². The molecule has 0 unspecified atom stereocenters. The molecule has 0 radical (unpaired) electrons. The molecule has 0 saturated heterocycles. The Labute approximate surface area is 237 Å². The molecule has 0 amide bonds. The van der Waals surface area contributed by atoms with Gasteiger partial charge in [-0.3, -0.25) is 4.79 Å². The topological polar surface area (TPSA) is 91.4 Å². The van der Waals surface area contributed by atoms with Gasteiger partial charge in [0, 0.05) is 12.5 Å². The van der Waals surface area contributed by atoms with E-state index in [1.165, 1.54) is 11.5 Å². The molecule has 0 spiro atoms. The molecule has 1 aromatic heterocycles. The number of anilines is 1. The van der Waals surface area contributed by atoms with Crippen molar-refractivity contribution in [1.29, 1.82) is 0 Å². The second kappa shape index (κ2) is 13.0. The van der Waals surface area contributed by atoms with E-state index in [9.17, 15) is 14.7 Å². The molecule has 36 heavy (non-hydrogen) atoms. The van der Waals surface area contributed by atoms with Crippen LogP contribution in [0.2, 0.25) is 0 Å². The number of nitrogens with zero attached hydrogens (tertiary/aromatic N) is 1. The summed E-state index contributed by atoms with van der Waals surface area (Å²) in [5, 5.41) is 14.5. The van der Waals surface area contributed by atoms with Crippen LogP contribution in [0.4, 0.5) is 5.69 Å². The van der Waals surface area contributed by atoms with E-state index < -0.39 is 11.4 Å². The third kappa shape index (κ3) is 6.53. The van der Waals surface area contributed by atoms with Gasteiger partial charge in [0.1, 0.15) is 6.61 Å². The Morgan fingerprint density at radius 2 is 1.72 bits per heavy atom. The number of allylic oxidation sites excluding steroid dienone is 2. The van der Waals surface area contributed by atoms with Crippen LogP contribution in [-0.4, -0.2) is 30.5 Å². The smallest absolute Gasteiger partial charge is 0.549 e. The zero-order valence-electron chi connectivity index (χ0n) is 20.5. The van der Waals surface area contributed by atoms with Gasteiger partial charge in [-0.05, 0) is 65.0 Å². The third-order valence-corrected chi connectivity index (χ3v) is 7.14. The van der Waals surface area contributed by atoms with Crippen molar-refractivity contribution in [2.75, 3.05) is 19.0 Å². The van der Waals surface area contributed by atoms with Crippen LogP contribution >= 0.6 is 11.5 Å². The molecule has 2 aromatic carbocycles. The van der Waals surface area contributed by atoms with Gasteiger partial charge in [0.25, 0.3) is 6.47 Å². The maximum absolute atomic E-state index is 11.3. The van der Waals surface area contributed by atoms with Crippen LogP contribution in [-0.2, 0) is 19.7 Å². The summed E-state index contributed by atoms with van der Waals surface area (Å²) in [7, 11) is 1.89. The number of carbonyl (C=O) groups is 2. The molecule has 1 N–H and O–H groups in total. The van der Waals surface area contributed by atoms with E-state index in [1.54, 1.807) is 0 Å². The van der Waals surface area contributed by atoms with E-state index >= 15 is 0 Å². The molecule has 2 aliphatic rings. The molecular weight excluding hydrogens is 483 g/mol. The molecule has 180 valence electrons. The first-order valence-corrected chi connectivity index (χ1v) is 12.3. The predicted octanol–water partition coefficient (Wildman–Crippen LogP) is 1.74. The van der Waals surface area contributed by atoms with Crippen molar-refractivity contribution in [1.82, 2.24) is 4.37 Å². The molecule has 0 aliphatic heterocycles. The third-order valence-electron chi connectivity index (χ3n) is 6.29. The van der Waals surface area contributed by atoms with Gasteiger partial charge in [0.2, 0.25) is 0 Å². The van der Waals surface area contributed by atoms with Crippen molar-refractivity contribution in [3.8, 4) is 21.6 Å². The van der Waals surface area contributed by atoms with Gasteiger partial charge in [-0.2, -0.15) is 4.37 Å². The van der Waals surface area contributed by atoms with Crippen LogP contribution in [0.25, 0.3) is 21.6 Å². The van der Waals surface area contributed by atoms with Gasteiger partial charge >= 0.3 is 29.6 Å². The summed E-state index contributed by atoms with van der Waals surface area (Å²) in [6.45, 7) is 0.892. The summed E-state index contributed by atoms with van der Waals surface area (Å²) in [5.41, 5.74) is 5.51. The summed E-state index contributed by atoms with van der Waals surface area (Å²) in [6.07, 6.45) is 11.5. The number of aromatic nitrogens is 1. The normalized spacial score (nSPS) is 14.9. The predicted molar refractivity (Wildman–Crippen MR) is 137 cm³/mol. The number of ether oxygens (including phenoxy) is 1. The second-order valence-electron chi connectivity index (χ2n) is 8.51. The summed E-state index contributed by atoms with van der Waals surface area (Å²) < 4.78 is 8.80. The van der Waals surface area contributed by atoms with Crippen molar-refractivity contribution >= 4 is 29.7 Å². The van der Waals surface area contributed by atoms with Crippen LogP contribution < -0.4 is 40.0 Å². The molecule has 6 nitrogen and oxygen atoms in total. The number of rotatable bonds is 8. The fourth-order valence-electron chi connectivity index (χ4n) is 4.06. The van der Waals surface area contributed by atoms with Crippen LogP contribution in [0.15, 0.2) is 78.5 Å². The number of hydrogen-bond acceptors (Lipinski definition) is 7. The van der Waals surface area contributed by atoms with Crippen molar-refractivity contribution in [3.05, 3.63) is 84.1 Å². The fraction of sp³-hybridized carbons (Fsp3) is 0.250. The monoisotopic (exact) mass is 510 g/mol. The fourth-order valence-corrected chi connectivity index (χ4v) is 4.82. The Morgan fingerprint density at radius 3 is 2.25 bits per heavy atom. The van der Waals surface area contributed by atoms with Gasteiger partial charge < -0.3 is 20.0 Å². The van der Waals surface area contributed by atoms with Crippen LogP contribution in [0, 0.1) is 0 Å². The maximum atomic E-state index is 11.3. The minimum atomic E-state index is -0.963. The number of carbonyl (C=O) groups excluding carboxylic acids is 2.